The number of nitrogens with zero attached hydrogens (tertiary/aromatic N) is 1. The molecule has 1 aromatic carbocycles. The smallest absolute Gasteiger partial charge is 0.260 e. The summed E-state index contributed by atoms with van der Waals surface area (Å²) in [6.07, 6.45) is 4.47. The molecule has 1 unspecified atom stereocenters. The molecule has 0 spiro atoms. The van der Waals surface area contributed by atoms with E-state index in [1.165, 1.54) is 23.3 Å². The zero-order valence-electron chi connectivity index (χ0n) is 12.4. The van der Waals surface area contributed by atoms with E-state index in [1.807, 2.05) is 0 Å². The van der Waals surface area contributed by atoms with Crippen LogP contribution in [-0.2, 0) is 9.59 Å². The minimum absolute atomic E-state index is 0.108. The zero-order chi connectivity index (χ0) is 16.7. The van der Waals surface area contributed by atoms with E-state index in [1.54, 1.807) is 19.1 Å². The number of rotatable bonds is 2. The van der Waals surface area contributed by atoms with Crippen molar-refractivity contribution in [1.29, 1.82) is 0 Å². The van der Waals surface area contributed by atoms with Crippen LogP contribution < -0.4 is 11.1 Å². The van der Waals surface area contributed by atoms with Crippen LogP contribution in [0.25, 0.3) is 0 Å². The van der Waals surface area contributed by atoms with Crippen molar-refractivity contribution in [3.05, 3.63) is 47.2 Å². The summed E-state index contributed by atoms with van der Waals surface area (Å²) in [5, 5.41) is 12.7. The van der Waals surface area contributed by atoms with Crippen LogP contribution in [0.1, 0.15) is 22.3 Å². The van der Waals surface area contributed by atoms with Gasteiger partial charge in [0.05, 0.1) is 11.3 Å². The van der Waals surface area contributed by atoms with Gasteiger partial charge in [-0.3, -0.25) is 14.4 Å². The van der Waals surface area contributed by atoms with E-state index >= 15 is 0 Å². The van der Waals surface area contributed by atoms with E-state index in [0.29, 0.717) is 11.1 Å². The summed E-state index contributed by atoms with van der Waals surface area (Å²) in [6.45, 7) is 1.69. The Morgan fingerprint density at radius 1 is 1.43 bits per heavy atom. The van der Waals surface area contributed by atoms with E-state index in [4.69, 9.17) is 5.73 Å². The third-order valence-electron chi connectivity index (χ3n) is 3.93. The molecule has 0 bridgehead atoms. The molecule has 0 saturated carbocycles. The maximum Gasteiger partial charge on any atom is 0.260 e. The van der Waals surface area contributed by atoms with Crippen molar-refractivity contribution in [2.75, 3.05) is 5.32 Å². The van der Waals surface area contributed by atoms with E-state index in [-0.39, 0.29) is 29.3 Å². The number of phenolic OH excluding ortho intramolecular Hbond substituents is 1. The molecule has 3 rings (SSSR count). The molecular formula is C16H15N3O4. The third kappa shape index (κ3) is 2.46. The number of primary amides is 1. The lowest BCUT2D eigenvalue weighted by molar-refractivity contribution is -0.119. The maximum atomic E-state index is 12.7. The number of aryl methyl sites for hydroxylation is 1. The SMILES string of the molecule is Cc1ccc2c(c1O)NC(=O)C1CC(C=CC(N)=O)=CN1C2=O. The van der Waals surface area contributed by atoms with Crippen molar-refractivity contribution in [2.45, 2.75) is 19.4 Å². The summed E-state index contributed by atoms with van der Waals surface area (Å²) >= 11 is 0. The Morgan fingerprint density at radius 3 is 2.87 bits per heavy atom. The number of phenols is 1. The van der Waals surface area contributed by atoms with Gasteiger partial charge < -0.3 is 21.1 Å². The van der Waals surface area contributed by atoms with Crippen LogP contribution in [0.4, 0.5) is 5.69 Å². The number of anilines is 1. The van der Waals surface area contributed by atoms with Gasteiger partial charge in [0.25, 0.3) is 5.91 Å². The number of nitrogens with one attached hydrogen (secondary N) is 1. The summed E-state index contributed by atoms with van der Waals surface area (Å²) in [5.41, 5.74) is 6.63. The average Bonchev–Trinajstić information content (AvgIpc) is 2.90. The molecule has 7 heteroatoms. The number of carbonyl (C=O) groups excluding carboxylic acids is 3. The number of fused-ring (bicyclic) bond motifs is 2. The molecule has 0 fully saturated rings. The Kier molecular flexibility index (Phi) is 3.40. The van der Waals surface area contributed by atoms with Gasteiger partial charge >= 0.3 is 0 Å². The summed E-state index contributed by atoms with van der Waals surface area (Å²) < 4.78 is 0. The van der Waals surface area contributed by atoms with Gasteiger partial charge in [-0.2, -0.15) is 0 Å². The molecule has 0 radical (unpaired) electrons. The molecular weight excluding hydrogens is 298 g/mol. The van der Waals surface area contributed by atoms with Crippen molar-refractivity contribution < 1.29 is 19.5 Å². The van der Waals surface area contributed by atoms with Crippen LogP contribution in [0.5, 0.6) is 5.75 Å². The fourth-order valence-corrected chi connectivity index (χ4v) is 2.71. The molecule has 7 nitrogen and oxygen atoms in total. The first-order chi connectivity index (χ1) is 10.9. The number of aromatic hydroxyl groups is 1. The lowest BCUT2D eigenvalue weighted by atomic mass is 10.1. The van der Waals surface area contributed by atoms with Gasteiger partial charge in [-0.05, 0) is 24.1 Å². The van der Waals surface area contributed by atoms with E-state index in [9.17, 15) is 19.5 Å². The van der Waals surface area contributed by atoms with E-state index in [0.717, 1.165) is 0 Å². The molecule has 1 atom stereocenters. The van der Waals surface area contributed by atoms with Crippen LogP contribution >= 0.6 is 0 Å². The Hall–Kier alpha value is -3.09. The van der Waals surface area contributed by atoms with Gasteiger partial charge in [0, 0.05) is 18.7 Å². The predicted molar refractivity (Wildman–Crippen MR) is 82.5 cm³/mol. The highest BCUT2D eigenvalue weighted by molar-refractivity contribution is 6.12. The lowest BCUT2D eigenvalue weighted by Crippen LogP contribution is -2.38. The van der Waals surface area contributed by atoms with Crippen LogP contribution in [0.3, 0.4) is 0 Å². The topological polar surface area (TPSA) is 113 Å². The molecule has 0 saturated heterocycles. The molecule has 23 heavy (non-hydrogen) atoms. The van der Waals surface area contributed by atoms with Gasteiger partial charge in [-0.25, -0.2) is 0 Å². The fraction of sp³-hybridized carbons (Fsp3) is 0.188. The first kappa shape index (κ1) is 14.8. The molecule has 0 aromatic heterocycles. The van der Waals surface area contributed by atoms with Crippen molar-refractivity contribution in [2.24, 2.45) is 5.73 Å². The normalized spacial score (nSPS) is 20.0. The summed E-state index contributed by atoms with van der Waals surface area (Å²) in [5.74, 6) is -1.49. The highest BCUT2D eigenvalue weighted by Gasteiger charge is 2.39. The monoisotopic (exact) mass is 313 g/mol. The highest BCUT2D eigenvalue weighted by atomic mass is 16.3. The maximum absolute atomic E-state index is 12.7. The molecule has 2 heterocycles. The summed E-state index contributed by atoms with van der Waals surface area (Å²) in [4.78, 5) is 37.2. The van der Waals surface area contributed by atoms with Crippen LogP contribution in [0.2, 0.25) is 0 Å². The second-order valence-electron chi connectivity index (χ2n) is 5.51. The van der Waals surface area contributed by atoms with Crippen molar-refractivity contribution in [3.8, 4) is 5.75 Å². The van der Waals surface area contributed by atoms with Gasteiger partial charge in [-0.1, -0.05) is 12.1 Å². The van der Waals surface area contributed by atoms with Gasteiger partial charge in [-0.15, -0.1) is 0 Å². The number of benzene rings is 1. The fourth-order valence-electron chi connectivity index (χ4n) is 2.71. The summed E-state index contributed by atoms with van der Waals surface area (Å²) in [6, 6.07) is 2.47. The van der Waals surface area contributed by atoms with Gasteiger partial charge in [0.1, 0.15) is 11.8 Å². The molecule has 1 aromatic rings. The van der Waals surface area contributed by atoms with Gasteiger partial charge in [0.2, 0.25) is 11.8 Å². The predicted octanol–water partition coefficient (Wildman–Crippen LogP) is 0.793. The van der Waals surface area contributed by atoms with Crippen molar-refractivity contribution >= 4 is 23.4 Å². The molecule has 2 aliphatic rings. The molecule has 0 aliphatic carbocycles. The van der Waals surface area contributed by atoms with E-state index in [2.05, 4.69) is 5.32 Å². The second kappa shape index (κ2) is 5.28. The third-order valence-corrected chi connectivity index (χ3v) is 3.93. The lowest BCUT2D eigenvalue weighted by Gasteiger charge is -2.18. The molecule has 3 amide bonds. The molecule has 2 aliphatic heterocycles. The Labute approximate surface area is 132 Å². The van der Waals surface area contributed by atoms with Gasteiger partial charge in [0.15, 0.2) is 0 Å². The number of amides is 3. The average molecular weight is 313 g/mol. The van der Waals surface area contributed by atoms with Crippen LogP contribution in [-0.4, -0.2) is 33.8 Å². The standard InChI is InChI=1S/C16H15N3O4/c1-8-2-4-10-13(14(8)21)18-15(22)11-6-9(3-5-12(17)20)7-19(11)16(10)23/h2-5,7,11,21H,6H2,1H3,(H2,17,20)(H,18,22). The molecule has 4 N–H and O–H groups in total. The van der Waals surface area contributed by atoms with Crippen LogP contribution in [0.15, 0.2) is 36.1 Å². The minimum atomic E-state index is -0.720. The number of hydrogen-bond donors (Lipinski definition) is 3. The number of nitrogens with two attached hydrogens (primary N) is 1. The first-order valence-electron chi connectivity index (χ1n) is 7.03. The quantitative estimate of drug-likeness (QED) is 0.553. The first-order valence-corrected chi connectivity index (χ1v) is 7.03. The number of allylic oxidation sites excluding steroid dienone is 1. The van der Waals surface area contributed by atoms with Crippen LogP contribution in [0, 0.1) is 6.92 Å². The zero-order valence-corrected chi connectivity index (χ0v) is 12.4. The van der Waals surface area contributed by atoms with Crippen molar-refractivity contribution in [1.82, 2.24) is 4.90 Å². The highest BCUT2D eigenvalue weighted by Crippen LogP contribution is 2.37. The second-order valence-corrected chi connectivity index (χ2v) is 5.51. The number of hydrogen-bond acceptors (Lipinski definition) is 4. The Balaban J connectivity index is 2.03. The Morgan fingerprint density at radius 2 is 2.17 bits per heavy atom. The van der Waals surface area contributed by atoms with E-state index < -0.39 is 17.9 Å². The minimum Gasteiger partial charge on any atom is -0.505 e. The number of carbonyl (C=O) groups is 3. The summed E-state index contributed by atoms with van der Waals surface area (Å²) in [7, 11) is 0. The largest absolute Gasteiger partial charge is 0.505 e. The molecule has 118 valence electrons. The Bertz CT molecular complexity index is 795. The van der Waals surface area contributed by atoms with Crippen molar-refractivity contribution in [3.63, 3.8) is 0 Å².